The molecule has 0 aliphatic heterocycles. The van der Waals surface area contributed by atoms with Gasteiger partial charge in [-0.15, -0.1) is 0 Å². The van der Waals surface area contributed by atoms with Gasteiger partial charge in [0.25, 0.3) is 0 Å². The summed E-state index contributed by atoms with van der Waals surface area (Å²) >= 11 is 0. The fraction of sp³-hybridized carbons (Fsp3) is 0.917. The van der Waals surface area contributed by atoms with Gasteiger partial charge in [0.15, 0.2) is 0 Å². The van der Waals surface area contributed by atoms with Gasteiger partial charge in [0.2, 0.25) is 5.91 Å². The number of hydrogen-bond donors (Lipinski definition) is 2. The first-order chi connectivity index (χ1) is 6.94. The second-order valence-corrected chi connectivity index (χ2v) is 6.06. The quantitative estimate of drug-likeness (QED) is 0.742. The summed E-state index contributed by atoms with van der Waals surface area (Å²) in [5.41, 5.74) is 5.43. The van der Waals surface area contributed by atoms with Gasteiger partial charge in [0, 0.05) is 6.04 Å². The van der Waals surface area contributed by atoms with Gasteiger partial charge in [0.1, 0.15) is 0 Å². The van der Waals surface area contributed by atoms with E-state index in [4.69, 9.17) is 5.73 Å². The molecule has 1 unspecified atom stereocenters. The highest BCUT2D eigenvalue weighted by atomic mass is 16.1. The molecule has 0 aromatic carbocycles. The van der Waals surface area contributed by atoms with Crippen LogP contribution in [0.1, 0.15) is 52.4 Å². The molecule has 2 aliphatic carbocycles. The molecule has 2 saturated carbocycles. The van der Waals surface area contributed by atoms with Crippen LogP contribution in [0.2, 0.25) is 0 Å². The average Bonchev–Trinajstić information content (AvgIpc) is 2.85. The Balaban J connectivity index is 2.13. The van der Waals surface area contributed by atoms with Crippen molar-refractivity contribution in [2.45, 2.75) is 64.0 Å². The van der Waals surface area contributed by atoms with Crippen LogP contribution in [0.5, 0.6) is 0 Å². The van der Waals surface area contributed by atoms with Gasteiger partial charge in [-0.2, -0.15) is 0 Å². The molecule has 3 nitrogen and oxygen atoms in total. The third kappa shape index (κ3) is 2.33. The number of nitrogens with two attached hydrogens (primary N) is 1. The number of primary amides is 1. The summed E-state index contributed by atoms with van der Waals surface area (Å²) in [5.74, 6) is -0.151. The van der Waals surface area contributed by atoms with Crippen molar-refractivity contribution in [2.24, 2.45) is 11.1 Å². The molecule has 2 fully saturated rings. The van der Waals surface area contributed by atoms with Crippen molar-refractivity contribution in [2.75, 3.05) is 0 Å². The Bertz CT molecular complexity index is 271. The number of carbonyl (C=O) groups excluding carboxylic acids is 1. The van der Waals surface area contributed by atoms with Crippen molar-refractivity contribution in [3.8, 4) is 0 Å². The van der Waals surface area contributed by atoms with E-state index >= 15 is 0 Å². The van der Waals surface area contributed by atoms with Crippen LogP contribution in [0.25, 0.3) is 0 Å². The van der Waals surface area contributed by atoms with Crippen LogP contribution in [0.4, 0.5) is 0 Å². The first-order valence-corrected chi connectivity index (χ1v) is 6.01. The summed E-state index contributed by atoms with van der Waals surface area (Å²) in [5, 5.41) is 3.49. The highest BCUT2D eigenvalue weighted by Crippen LogP contribution is 2.42. The Morgan fingerprint density at radius 1 is 1.33 bits per heavy atom. The lowest BCUT2D eigenvalue weighted by Crippen LogP contribution is -2.59. The van der Waals surface area contributed by atoms with Crippen LogP contribution in [-0.2, 0) is 4.79 Å². The highest BCUT2D eigenvalue weighted by molar-refractivity contribution is 5.85. The Hall–Kier alpha value is -0.570. The molecule has 0 aromatic heterocycles. The second kappa shape index (κ2) is 3.48. The molecule has 2 aliphatic rings. The molecular formula is C12H22N2O. The van der Waals surface area contributed by atoms with Crippen LogP contribution >= 0.6 is 0 Å². The minimum Gasteiger partial charge on any atom is -0.368 e. The highest BCUT2D eigenvalue weighted by Gasteiger charge is 2.46. The van der Waals surface area contributed by atoms with E-state index in [2.05, 4.69) is 19.2 Å². The summed E-state index contributed by atoms with van der Waals surface area (Å²) < 4.78 is 0. The van der Waals surface area contributed by atoms with E-state index in [1.54, 1.807) is 0 Å². The van der Waals surface area contributed by atoms with Gasteiger partial charge in [0.05, 0.1) is 5.54 Å². The third-order valence-corrected chi connectivity index (χ3v) is 3.77. The molecule has 2 rings (SSSR count). The average molecular weight is 210 g/mol. The Kier molecular flexibility index (Phi) is 2.53. The Morgan fingerprint density at radius 3 is 2.47 bits per heavy atom. The SMILES string of the molecule is CC1(C)CCCC(NC2CC2)(C(N)=O)C1. The van der Waals surface area contributed by atoms with Gasteiger partial charge >= 0.3 is 0 Å². The summed E-state index contributed by atoms with van der Waals surface area (Å²) in [6.45, 7) is 4.47. The smallest absolute Gasteiger partial charge is 0.237 e. The fourth-order valence-electron chi connectivity index (χ4n) is 2.89. The molecule has 0 saturated heterocycles. The molecule has 3 N–H and O–H groups in total. The normalized spacial score (nSPS) is 35.1. The molecule has 1 atom stereocenters. The molecule has 0 spiro atoms. The topological polar surface area (TPSA) is 55.1 Å². The molecular weight excluding hydrogens is 188 g/mol. The van der Waals surface area contributed by atoms with E-state index in [0.29, 0.717) is 6.04 Å². The van der Waals surface area contributed by atoms with Crippen molar-refractivity contribution >= 4 is 5.91 Å². The molecule has 1 amide bonds. The van der Waals surface area contributed by atoms with Crippen LogP contribution in [0.15, 0.2) is 0 Å². The van der Waals surface area contributed by atoms with Crippen molar-refractivity contribution < 1.29 is 4.79 Å². The number of carbonyl (C=O) groups is 1. The van der Waals surface area contributed by atoms with Gasteiger partial charge in [-0.05, 0) is 37.5 Å². The van der Waals surface area contributed by atoms with E-state index in [1.165, 1.54) is 19.3 Å². The minimum atomic E-state index is -0.414. The van der Waals surface area contributed by atoms with Crippen molar-refractivity contribution in [3.63, 3.8) is 0 Å². The first-order valence-electron chi connectivity index (χ1n) is 6.01. The monoisotopic (exact) mass is 210 g/mol. The molecule has 0 heterocycles. The van der Waals surface area contributed by atoms with Crippen molar-refractivity contribution in [3.05, 3.63) is 0 Å². The minimum absolute atomic E-state index is 0.151. The lowest BCUT2D eigenvalue weighted by molar-refractivity contribution is -0.127. The van der Waals surface area contributed by atoms with Crippen LogP contribution in [0.3, 0.4) is 0 Å². The van der Waals surface area contributed by atoms with E-state index in [1.807, 2.05) is 0 Å². The maximum Gasteiger partial charge on any atom is 0.237 e. The number of nitrogens with one attached hydrogen (secondary N) is 1. The summed E-state index contributed by atoms with van der Waals surface area (Å²) in [4.78, 5) is 11.7. The van der Waals surface area contributed by atoms with Crippen molar-refractivity contribution in [1.29, 1.82) is 0 Å². The molecule has 0 aromatic rings. The maximum atomic E-state index is 11.7. The predicted molar refractivity (Wildman–Crippen MR) is 60.3 cm³/mol. The molecule has 15 heavy (non-hydrogen) atoms. The third-order valence-electron chi connectivity index (χ3n) is 3.77. The lowest BCUT2D eigenvalue weighted by atomic mass is 9.67. The van der Waals surface area contributed by atoms with Gasteiger partial charge < -0.3 is 11.1 Å². The number of rotatable bonds is 3. The Morgan fingerprint density at radius 2 is 2.00 bits per heavy atom. The summed E-state index contributed by atoms with van der Waals surface area (Å²) in [6, 6.07) is 0.548. The summed E-state index contributed by atoms with van der Waals surface area (Å²) in [7, 11) is 0. The van der Waals surface area contributed by atoms with Crippen LogP contribution in [0, 0.1) is 5.41 Å². The van der Waals surface area contributed by atoms with Crippen LogP contribution in [-0.4, -0.2) is 17.5 Å². The van der Waals surface area contributed by atoms with Gasteiger partial charge in [-0.25, -0.2) is 0 Å². The van der Waals surface area contributed by atoms with E-state index in [0.717, 1.165) is 19.3 Å². The second-order valence-electron chi connectivity index (χ2n) is 6.06. The van der Waals surface area contributed by atoms with E-state index in [9.17, 15) is 4.79 Å². The zero-order valence-corrected chi connectivity index (χ0v) is 9.81. The molecule has 3 heteroatoms. The van der Waals surface area contributed by atoms with Gasteiger partial charge in [-0.3, -0.25) is 4.79 Å². The lowest BCUT2D eigenvalue weighted by Gasteiger charge is -2.43. The number of hydrogen-bond acceptors (Lipinski definition) is 2. The standard InChI is InChI=1S/C12H22N2O/c1-11(2)6-3-7-12(8-11,10(13)15)14-9-4-5-9/h9,14H,3-8H2,1-2H3,(H2,13,15). The molecule has 0 radical (unpaired) electrons. The largest absolute Gasteiger partial charge is 0.368 e. The molecule has 86 valence electrons. The number of amides is 1. The molecule has 0 bridgehead atoms. The van der Waals surface area contributed by atoms with E-state index in [-0.39, 0.29) is 11.3 Å². The van der Waals surface area contributed by atoms with Gasteiger partial charge in [-0.1, -0.05) is 20.3 Å². The maximum absolute atomic E-state index is 11.7. The Labute approximate surface area is 91.8 Å². The van der Waals surface area contributed by atoms with E-state index < -0.39 is 5.54 Å². The van der Waals surface area contributed by atoms with Crippen molar-refractivity contribution in [1.82, 2.24) is 5.32 Å². The summed E-state index contributed by atoms with van der Waals surface area (Å²) in [6.07, 6.45) is 6.53. The predicted octanol–water partition coefficient (Wildman–Crippen LogP) is 1.56. The van der Waals surface area contributed by atoms with Crippen LogP contribution < -0.4 is 11.1 Å². The zero-order valence-electron chi connectivity index (χ0n) is 9.81. The first kappa shape index (κ1) is 10.9. The zero-order chi connectivity index (χ0) is 11.1. The fourth-order valence-corrected chi connectivity index (χ4v) is 2.89.